The van der Waals surface area contributed by atoms with Crippen molar-refractivity contribution in [2.24, 2.45) is 0 Å². The number of hydrogen-bond donors (Lipinski definition) is 1. The zero-order valence-electron chi connectivity index (χ0n) is 12.1. The van der Waals surface area contributed by atoms with Gasteiger partial charge in [-0.3, -0.25) is 4.79 Å². The van der Waals surface area contributed by atoms with Gasteiger partial charge in [-0.15, -0.1) is 0 Å². The maximum atomic E-state index is 12.1. The van der Waals surface area contributed by atoms with Crippen LogP contribution in [0, 0.1) is 0 Å². The summed E-state index contributed by atoms with van der Waals surface area (Å²) >= 11 is 0. The molecule has 1 amide bonds. The molecule has 0 unspecified atom stereocenters. The van der Waals surface area contributed by atoms with Crippen LogP contribution in [0.4, 0.5) is 5.69 Å². The zero-order valence-corrected chi connectivity index (χ0v) is 12.1. The van der Waals surface area contributed by atoms with Crippen LogP contribution in [0.5, 0.6) is 0 Å². The molecular weight excluding hydrogens is 278 g/mol. The number of nitrogens with one attached hydrogen (secondary N) is 1. The Balaban J connectivity index is 1.71. The third-order valence-corrected chi connectivity index (χ3v) is 3.23. The number of aromatic nitrogens is 4. The topological polar surface area (TPSA) is 72.7 Å². The predicted octanol–water partition coefficient (Wildman–Crippen LogP) is 2.48. The van der Waals surface area contributed by atoms with Crippen LogP contribution in [0.25, 0.3) is 5.95 Å². The van der Waals surface area contributed by atoms with Gasteiger partial charge in [-0.05, 0) is 30.2 Å². The Morgan fingerprint density at radius 3 is 2.50 bits per heavy atom. The molecule has 1 aromatic carbocycles. The SMILES string of the molecule is CCc1ccc(C(=O)Nc2cnc(-n3cccn3)nc2)cc1. The lowest BCUT2D eigenvalue weighted by atomic mass is 10.1. The maximum absolute atomic E-state index is 12.1. The average Bonchev–Trinajstić information content (AvgIpc) is 3.10. The molecule has 3 aromatic rings. The van der Waals surface area contributed by atoms with Gasteiger partial charge in [-0.1, -0.05) is 19.1 Å². The summed E-state index contributed by atoms with van der Waals surface area (Å²) in [6.45, 7) is 2.08. The molecule has 0 fully saturated rings. The molecule has 110 valence electrons. The molecule has 0 saturated carbocycles. The Labute approximate surface area is 127 Å². The quantitative estimate of drug-likeness (QED) is 0.802. The fraction of sp³-hybridized carbons (Fsp3) is 0.125. The van der Waals surface area contributed by atoms with E-state index in [-0.39, 0.29) is 5.91 Å². The fourth-order valence-corrected chi connectivity index (χ4v) is 1.99. The van der Waals surface area contributed by atoms with Crippen molar-refractivity contribution in [3.05, 3.63) is 66.2 Å². The average molecular weight is 293 g/mol. The lowest BCUT2D eigenvalue weighted by Crippen LogP contribution is -2.13. The van der Waals surface area contributed by atoms with Crippen molar-refractivity contribution >= 4 is 11.6 Å². The monoisotopic (exact) mass is 293 g/mol. The van der Waals surface area contributed by atoms with Crippen LogP contribution in [0.3, 0.4) is 0 Å². The highest BCUT2D eigenvalue weighted by atomic mass is 16.1. The van der Waals surface area contributed by atoms with E-state index in [9.17, 15) is 4.79 Å². The van der Waals surface area contributed by atoms with Gasteiger partial charge in [0.1, 0.15) is 0 Å². The fourth-order valence-electron chi connectivity index (χ4n) is 1.99. The molecule has 2 heterocycles. The Bertz CT molecular complexity index is 748. The standard InChI is InChI=1S/C16H15N5O/c1-2-12-4-6-13(7-5-12)15(22)20-14-10-17-16(18-11-14)21-9-3-8-19-21/h3-11H,2H2,1H3,(H,20,22). The van der Waals surface area contributed by atoms with Crippen LogP contribution in [-0.2, 0) is 6.42 Å². The molecule has 6 heteroatoms. The van der Waals surface area contributed by atoms with Crippen LogP contribution >= 0.6 is 0 Å². The van der Waals surface area contributed by atoms with Crippen molar-refractivity contribution in [3.63, 3.8) is 0 Å². The second-order valence-corrected chi connectivity index (χ2v) is 4.73. The minimum absolute atomic E-state index is 0.182. The first kappa shape index (κ1) is 13.9. The van der Waals surface area contributed by atoms with Crippen LogP contribution in [0.15, 0.2) is 55.1 Å². The first-order valence-electron chi connectivity index (χ1n) is 6.98. The molecule has 0 saturated heterocycles. The lowest BCUT2D eigenvalue weighted by molar-refractivity contribution is 0.102. The van der Waals surface area contributed by atoms with E-state index in [2.05, 4.69) is 27.3 Å². The predicted molar refractivity (Wildman–Crippen MR) is 82.9 cm³/mol. The number of nitrogens with zero attached hydrogens (tertiary/aromatic N) is 4. The second kappa shape index (κ2) is 6.17. The van der Waals surface area contributed by atoms with Gasteiger partial charge >= 0.3 is 0 Å². The molecular formula is C16H15N5O. The van der Waals surface area contributed by atoms with E-state index in [1.807, 2.05) is 24.3 Å². The Morgan fingerprint density at radius 1 is 1.18 bits per heavy atom. The van der Waals surface area contributed by atoms with E-state index >= 15 is 0 Å². The van der Waals surface area contributed by atoms with Gasteiger partial charge in [0.15, 0.2) is 0 Å². The van der Waals surface area contributed by atoms with Crippen molar-refractivity contribution in [2.45, 2.75) is 13.3 Å². The highest BCUT2D eigenvalue weighted by Gasteiger charge is 2.07. The van der Waals surface area contributed by atoms with E-state index in [0.717, 1.165) is 6.42 Å². The van der Waals surface area contributed by atoms with Crippen LogP contribution in [-0.4, -0.2) is 25.7 Å². The molecule has 0 aliphatic carbocycles. The molecule has 0 aliphatic rings. The van der Waals surface area contributed by atoms with Crippen LogP contribution in [0.1, 0.15) is 22.8 Å². The van der Waals surface area contributed by atoms with Crippen molar-refractivity contribution in [2.75, 3.05) is 5.32 Å². The summed E-state index contributed by atoms with van der Waals surface area (Å²) in [7, 11) is 0. The van der Waals surface area contributed by atoms with E-state index in [1.54, 1.807) is 35.5 Å². The second-order valence-electron chi connectivity index (χ2n) is 4.73. The summed E-state index contributed by atoms with van der Waals surface area (Å²) in [5.74, 6) is 0.272. The van der Waals surface area contributed by atoms with E-state index < -0.39 is 0 Å². The highest BCUT2D eigenvalue weighted by molar-refractivity contribution is 6.04. The summed E-state index contributed by atoms with van der Waals surface area (Å²) in [6, 6.07) is 9.32. The smallest absolute Gasteiger partial charge is 0.255 e. The molecule has 6 nitrogen and oxygen atoms in total. The Hall–Kier alpha value is -3.02. The highest BCUT2D eigenvalue weighted by Crippen LogP contribution is 2.10. The largest absolute Gasteiger partial charge is 0.319 e. The van der Waals surface area contributed by atoms with Gasteiger partial charge in [0.2, 0.25) is 0 Å². The first-order chi connectivity index (χ1) is 10.8. The van der Waals surface area contributed by atoms with Gasteiger partial charge in [0.25, 0.3) is 11.9 Å². The molecule has 22 heavy (non-hydrogen) atoms. The zero-order chi connectivity index (χ0) is 15.4. The Morgan fingerprint density at radius 2 is 1.91 bits per heavy atom. The first-order valence-corrected chi connectivity index (χ1v) is 6.98. The summed E-state index contributed by atoms with van der Waals surface area (Å²) in [5.41, 5.74) is 2.34. The van der Waals surface area contributed by atoms with E-state index in [0.29, 0.717) is 17.2 Å². The third-order valence-electron chi connectivity index (χ3n) is 3.23. The number of rotatable bonds is 4. The lowest BCUT2D eigenvalue weighted by Gasteiger charge is -2.06. The number of aryl methyl sites for hydroxylation is 1. The summed E-state index contributed by atoms with van der Waals surface area (Å²) < 4.78 is 1.55. The van der Waals surface area contributed by atoms with Crippen LogP contribution < -0.4 is 5.32 Å². The number of hydrogen-bond acceptors (Lipinski definition) is 4. The van der Waals surface area contributed by atoms with Crippen molar-refractivity contribution < 1.29 is 4.79 Å². The maximum Gasteiger partial charge on any atom is 0.255 e. The number of carbonyl (C=O) groups is 1. The molecule has 0 spiro atoms. The number of carbonyl (C=O) groups excluding carboxylic acids is 1. The molecule has 0 bridgehead atoms. The molecule has 0 atom stereocenters. The molecule has 2 aromatic heterocycles. The summed E-state index contributed by atoms with van der Waals surface area (Å²) in [5, 5.41) is 6.82. The van der Waals surface area contributed by atoms with Crippen molar-refractivity contribution in [1.29, 1.82) is 0 Å². The minimum Gasteiger partial charge on any atom is -0.319 e. The Kier molecular flexibility index (Phi) is 3.91. The number of amides is 1. The summed E-state index contributed by atoms with van der Waals surface area (Å²) in [6.07, 6.45) is 7.47. The minimum atomic E-state index is -0.182. The number of benzene rings is 1. The normalized spacial score (nSPS) is 10.4. The van der Waals surface area contributed by atoms with Gasteiger partial charge in [0.05, 0.1) is 18.1 Å². The van der Waals surface area contributed by atoms with E-state index in [4.69, 9.17) is 0 Å². The molecule has 0 aliphatic heterocycles. The molecule has 0 radical (unpaired) electrons. The third kappa shape index (κ3) is 3.01. The van der Waals surface area contributed by atoms with Crippen molar-refractivity contribution in [3.8, 4) is 5.95 Å². The number of anilines is 1. The van der Waals surface area contributed by atoms with Gasteiger partial charge < -0.3 is 5.32 Å². The van der Waals surface area contributed by atoms with E-state index in [1.165, 1.54) is 5.56 Å². The van der Waals surface area contributed by atoms with Gasteiger partial charge in [0, 0.05) is 18.0 Å². The summed E-state index contributed by atoms with van der Waals surface area (Å²) in [4.78, 5) is 20.5. The van der Waals surface area contributed by atoms with Crippen molar-refractivity contribution in [1.82, 2.24) is 19.7 Å². The molecule has 1 N–H and O–H groups in total. The van der Waals surface area contributed by atoms with Gasteiger partial charge in [-0.2, -0.15) is 5.10 Å². The molecule has 3 rings (SSSR count). The van der Waals surface area contributed by atoms with Crippen LogP contribution in [0.2, 0.25) is 0 Å². The van der Waals surface area contributed by atoms with Gasteiger partial charge in [-0.25, -0.2) is 14.6 Å².